The second-order valence-corrected chi connectivity index (χ2v) is 12.1. The number of nitrogens with one attached hydrogen (secondary N) is 6. The number of carbonyl (C=O) groups excluding carboxylic acids is 2. The van der Waals surface area contributed by atoms with E-state index in [0.717, 1.165) is 12.1 Å². The van der Waals surface area contributed by atoms with Crippen LogP contribution in [0.3, 0.4) is 0 Å². The minimum Gasteiger partial charge on any atom is -0.384 e. The fourth-order valence-corrected chi connectivity index (χ4v) is 5.76. The van der Waals surface area contributed by atoms with Gasteiger partial charge in [0.25, 0.3) is 5.69 Å². The van der Waals surface area contributed by atoms with Crippen LogP contribution in [0.5, 0.6) is 0 Å². The third-order valence-electron chi connectivity index (χ3n) is 7.79. The molecule has 6 N–H and O–H groups in total. The van der Waals surface area contributed by atoms with Crippen LogP contribution in [0.25, 0.3) is 0 Å². The van der Waals surface area contributed by atoms with Crippen molar-refractivity contribution in [2.45, 2.75) is 19.0 Å². The van der Waals surface area contributed by atoms with Gasteiger partial charge >= 0.3 is 6.18 Å². The maximum Gasteiger partial charge on any atom is 0.416 e. The van der Waals surface area contributed by atoms with Crippen LogP contribution >= 0.6 is 24.4 Å². The summed E-state index contributed by atoms with van der Waals surface area (Å²) in [6.07, 6.45) is -3.22. The molecule has 1 aliphatic rings. The first kappa shape index (κ1) is 36.7. The monoisotopic (exact) mass is 735 g/mol. The molecule has 51 heavy (non-hydrogen) atoms. The average Bonchev–Trinajstić information content (AvgIpc) is 3.10. The van der Waals surface area contributed by atoms with Crippen LogP contribution < -0.4 is 31.9 Å². The number of alkyl halides is 3. The number of benzene rings is 4. The Hall–Kier alpha value is -5.61. The molecule has 264 valence electrons. The van der Waals surface area contributed by atoms with Gasteiger partial charge in [-0.15, -0.1) is 0 Å². The van der Waals surface area contributed by atoms with Crippen molar-refractivity contribution in [1.82, 2.24) is 10.6 Å². The summed E-state index contributed by atoms with van der Waals surface area (Å²) in [5.74, 6) is -0.532. The molecular weight excluding hydrogens is 704 g/mol. The molecule has 0 unspecified atom stereocenters. The van der Waals surface area contributed by atoms with Gasteiger partial charge in [-0.05, 0) is 85.8 Å². The molecule has 0 aromatic heterocycles. The number of fused-ring (bicyclic) bond motifs is 2. The predicted octanol–water partition coefficient (Wildman–Crippen LogP) is 6.97. The number of carbonyl (C=O) groups is 2. The zero-order chi connectivity index (χ0) is 36.5. The maximum atomic E-state index is 13.9. The van der Waals surface area contributed by atoms with E-state index in [1.165, 1.54) is 24.3 Å². The summed E-state index contributed by atoms with van der Waals surface area (Å²) in [5.41, 5.74) is 2.54. The van der Waals surface area contributed by atoms with E-state index in [1.807, 2.05) is 0 Å². The molecule has 1 aliphatic carbocycles. The molecule has 0 amide bonds. The van der Waals surface area contributed by atoms with Gasteiger partial charge in [-0.1, -0.05) is 24.3 Å². The number of thiocarbonyl (C=S) groups is 2. The average molecular weight is 736 g/mol. The molecule has 0 saturated carbocycles. The van der Waals surface area contributed by atoms with Gasteiger partial charge in [-0.25, -0.2) is 0 Å². The second kappa shape index (κ2) is 16.4. The standard InChI is InChI=1S/C35H32F3N7O4S2/c36-35(37,38)21-9-11-22(12-10-21)43-33(50)41-19-3-17-39-27-7-1-5-25-29(27)32(47)30-26(31(25)46)6-2-8-28(30)40-18-4-20-42-34(51)44-23-13-15-24(16-14-23)45(48)49/h1-2,5-16,39-40H,3-4,17-20H2,(H2,41,43,50)(H2,42,44,51). The molecule has 0 radical (unpaired) electrons. The normalized spacial score (nSPS) is 11.9. The van der Waals surface area contributed by atoms with E-state index >= 15 is 0 Å². The third-order valence-corrected chi connectivity index (χ3v) is 8.28. The zero-order valence-electron chi connectivity index (χ0n) is 26.9. The SMILES string of the molecule is O=C1c2cccc(NCCCNC(=S)Nc3ccc([N+](=O)[O-])cc3)c2C(=O)c2c(NCCCNC(=S)Nc3ccc(C(F)(F)F)cc3)cccc21. The number of nitro benzene ring substituents is 1. The second-order valence-electron chi connectivity index (χ2n) is 11.3. The van der Waals surface area contributed by atoms with Crippen molar-refractivity contribution < 1.29 is 27.7 Å². The van der Waals surface area contributed by atoms with E-state index in [1.54, 1.807) is 48.5 Å². The summed E-state index contributed by atoms with van der Waals surface area (Å²) in [6.45, 7) is 1.84. The Morgan fingerprint density at radius 2 is 1.10 bits per heavy atom. The number of anilines is 4. The van der Waals surface area contributed by atoms with Crippen LogP contribution in [0.4, 0.5) is 41.6 Å². The minimum atomic E-state index is -4.42. The van der Waals surface area contributed by atoms with Crippen LogP contribution in [0.1, 0.15) is 50.2 Å². The van der Waals surface area contributed by atoms with Crippen molar-refractivity contribution in [3.05, 3.63) is 123 Å². The smallest absolute Gasteiger partial charge is 0.384 e. The van der Waals surface area contributed by atoms with Gasteiger partial charge in [-0.2, -0.15) is 13.2 Å². The Balaban J connectivity index is 1.11. The summed E-state index contributed by atoms with van der Waals surface area (Å²) in [4.78, 5) is 37.8. The van der Waals surface area contributed by atoms with Crippen molar-refractivity contribution >= 4 is 74.7 Å². The lowest BCUT2D eigenvalue weighted by Gasteiger charge is -2.23. The Labute approximate surface area is 301 Å². The molecule has 0 bridgehead atoms. The predicted molar refractivity (Wildman–Crippen MR) is 199 cm³/mol. The summed E-state index contributed by atoms with van der Waals surface area (Å²) < 4.78 is 38.4. The number of rotatable bonds is 13. The highest BCUT2D eigenvalue weighted by molar-refractivity contribution is 7.80. The molecule has 5 rings (SSSR count). The van der Waals surface area contributed by atoms with Crippen LogP contribution in [0.2, 0.25) is 0 Å². The molecule has 0 heterocycles. The Morgan fingerprint density at radius 1 is 0.647 bits per heavy atom. The molecule has 4 aromatic carbocycles. The maximum absolute atomic E-state index is 13.9. The van der Waals surface area contributed by atoms with Gasteiger partial charge < -0.3 is 31.9 Å². The molecule has 4 aromatic rings. The number of ketones is 2. The molecule has 0 atom stereocenters. The van der Waals surface area contributed by atoms with Crippen molar-refractivity contribution in [3.8, 4) is 0 Å². The Morgan fingerprint density at radius 3 is 1.53 bits per heavy atom. The van der Waals surface area contributed by atoms with E-state index in [-0.39, 0.29) is 22.4 Å². The van der Waals surface area contributed by atoms with E-state index < -0.39 is 16.7 Å². The molecular formula is C35H32F3N7O4S2. The number of nitrogens with zero attached hydrogens (tertiary/aromatic N) is 1. The van der Waals surface area contributed by atoms with Crippen molar-refractivity contribution in [3.63, 3.8) is 0 Å². The molecule has 0 spiro atoms. The van der Waals surface area contributed by atoms with Crippen molar-refractivity contribution in [2.75, 3.05) is 47.4 Å². The van der Waals surface area contributed by atoms with Crippen LogP contribution in [0.15, 0.2) is 84.9 Å². The topological polar surface area (TPSA) is 149 Å². The highest BCUT2D eigenvalue weighted by atomic mass is 32.1. The molecule has 0 saturated heterocycles. The number of halogens is 3. The summed E-state index contributed by atoms with van der Waals surface area (Å²) in [7, 11) is 0. The fraction of sp³-hybridized carbons (Fsp3) is 0.200. The Kier molecular flexibility index (Phi) is 11.8. The third kappa shape index (κ3) is 9.34. The van der Waals surface area contributed by atoms with Crippen molar-refractivity contribution in [2.24, 2.45) is 0 Å². The number of non-ortho nitro benzene ring substituents is 1. The first-order chi connectivity index (χ1) is 24.4. The van der Waals surface area contributed by atoms with Gasteiger partial charge in [0.2, 0.25) is 0 Å². The van der Waals surface area contributed by atoms with Crippen LogP contribution in [0, 0.1) is 10.1 Å². The fourth-order valence-electron chi connectivity index (χ4n) is 5.32. The summed E-state index contributed by atoms with van der Waals surface area (Å²) in [5, 5.41) is 29.9. The van der Waals surface area contributed by atoms with Gasteiger partial charge in [0.15, 0.2) is 21.8 Å². The van der Waals surface area contributed by atoms with E-state index in [0.29, 0.717) is 89.1 Å². The van der Waals surface area contributed by atoms with E-state index in [2.05, 4.69) is 31.9 Å². The molecule has 0 aliphatic heterocycles. The Bertz CT molecular complexity index is 1960. The van der Waals surface area contributed by atoms with Crippen LogP contribution in [-0.4, -0.2) is 52.9 Å². The van der Waals surface area contributed by atoms with Crippen molar-refractivity contribution in [1.29, 1.82) is 0 Å². The van der Waals surface area contributed by atoms with Gasteiger partial charge in [0.1, 0.15) is 0 Å². The van der Waals surface area contributed by atoms with Crippen LogP contribution in [-0.2, 0) is 6.18 Å². The summed E-state index contributed by atoms with van der Waals surface area (Å²) in [6, 6.07) is 20.7. The zero-order valence-corrected chi connectivity index (χ0v) is 28.5. The number of hydrogen-bond acceptors (Lipinski definition) is 8. The summed E-state index contributed by atoms with van der Waals surface area (Å²) >= 11 is 10.6. The lowest BCUT2D eigenvalue weighted by molar-refractivity contribution is -0.384. The van der Waals surface area contributed by atoms with E-state index in [9.17, 15) is 32.9 Å². The minimum absolute atomic E-state index is 0.0202. The number of hydrogen-bond donors (Lipinski definition) is 6. The highest BCUT2D eigenvalue weighted by Crippen LogP contribution is 2.35. The quantitative estimate of drug-likeness (QED) is 0.0321. The van der Waals surface area contributed by atoms with E-state index in [4.69, 9.17) is 24.4 Å². The lowest BCUT2D eigenvalue weighted by atomic mass is 9.82. The number of nitro groups is 1. The lowest BCUT2D eigenvalue weighted by Crippen LogP contribution is -2.30. The largest absolute Gasteiger partial charge is 0.416 e. The van der Waals surface area contributed by atoms with Gasteiger partial charge in [-0.3, -0.25) is 19.7 Å². The molecule has 16 heteroatoms. The molecule has 0 fully saturated rings. The van der Waals surface area contributed by atoms with Gasteiger partial charge in [0, 0.05) is 72.2 Å². The first-order valence-electron chi connectivity index (χ1n) is 15.8. The first-order valence-corrected chi connectivity index (χ1v) is 16.6. The molecule has 11 nitrogen and oxygen atoms in total. The van der Waals surface area contributed by atoms with Gasteiger partial charge in [0.05, 0.1) is 21.6 Å². The highest BCUT2D eigenvalue weighted by Gasteiger charge is 2.33.